The molecule has 1 aromatic carbocycles. The summed E-state index contributed by atoms with van der Waals surface area (Å²) in [6.07, 6.45) is 7.57. The number of ether oxygens (including phenoxy) is 2. The molecule has 4 heterocycles. The van der Waals surface area contributed by atoms with Gasteiger partial charge in [-0.3, -0.25) is 4.79 Å². The lowest BCUT2D eigenvalue weighted by atomic mass is 9.94. The topological polar surface area (TPSA) is 83.9 Å². The van der Waals surface area contributed by atoms with Gasteiger partial charge in [0, 0.05) is 44.1 Å². The van der Waals surface area contributed by atoms with Gasteiger partial charge in [0.05, 0.1) is 19.6 Å². The van der Waals surface area contributed by atoms with Gasteiger partial charge in [-0.25, -0.2) is 4.98 Å². The molecule has 2 atom stereocenters. The number of pyridine rings is 1. The number of benzene rings is 1. The third-order valence-corrected chi connectivity index (χ3v) is 7.85. The molecule has 0 saturated carbocycles. The summed E-state index contributed by atoms with van der Waals surface area (Å²) in [5.74, 6) is 1.67. The van der Waals surface area contributed by atoms with Crippen molar-refractivity contribution < 1.29 is 19.4 Å². The zero-order valence-corrected chi connectivity index (χ0v) is 21.2. The van der Waals surface area contributed by atoms with Gasteiger partial charge in [0.2, 0.25) is 0 Å². The molecule has 3 aliphatic rings. The third kappa shape index (κ3) is 6.56. The van der Waals surface area contributed by atoms with Crippen molar-refractivity contribution in [3.63, 3.8) is 0 Å². The normalized spacial score (nSPS) is 21.5. The van der Waals surface area contributed by atoms with Gasteiger partial charge in [-0.2, -0.15) is 0 Å². The number of rotatable bonds is 10. The van der Waals surface area contributed by atoms with Crippen molar-refractivity contribution in [2.24, 2.45) is 5.92 Å². The minimum atomic E-state index is -0.760. The number of nitrogens with one attached hydrogen (secondary N) is 1. The van der Waals surface area contributed by atoms with Crippen LogP contribution in [0.15, 0.2) is 36.4 Å². The van der Waals surface area contributed by atoms with Crippen LogP contribution in [0.4, 0.5) is 5.82 Å². The summed E-state index contributed by atoms with van der Waals surface area (Å²) in [6.45, 7) is 5.24. The fourth-order valence-corrected chi connectivity index (χ4v) is 5.87. The van der Waals surface area contributed by atoms with Crippen LogP contribution in [-0.4, -0.2) is 66.5 Å². The molecule has 36 heavy (non-hydrogen) atoms. The van der Waals surface area contributed by atoms with Crippen molar-refractivity contribution in [1.82, 2.24) is 9.88 Å². The Balaban J connectivity index is 1.19. The quantitative estimate of drug-likeness (QED) is 0.504. The van der Waals surface area contributed by atoms with Gasteiger partial charge in [0.15, 0.2) is 0 Å². The number of aryl methyl sites for hydroxylation is 2. The molecule has 7 heteroatoms. The highest BCUT2D eigenvalue weighted by Gasteiger charge is 2.28. The first-order valence-corrected chi connectivity index (χ1v) is 13.6. The highest BCUT2D eigenvalue weighted by Crippen LogP contribution is 2.33. The highest BCUT2D eigenvalue weighted by molar-refractivity contribution is 5.68. The number of carbonyl (C=O) groups is 1. The number of carboxylic acid groups (broad SMARTS) is 1. The molecular weight excluding hydrogens is 454 g/mol. The number of anilines is 1. The first-order chi connectivity index (χ1) is 17.6. The molecule has 0 radical (unpaired) electrons. The van der Waals surface area contributed by atoms with E-state index in [0.29, 0.717) is 5.92 Å². The van der Waals surface area contributed by atoms with Crippen LogP contribution in [0.3, 0.4) is 0 Å². The Hall–Kier alpha value is -2.64. The summed E-state index contributed by atoms with van der Waals surface area (Å²) in [7, 11) is 0. The number of nitrogens with zero attached hydrogens (tertiary/aromatic N) is 2. The number of hydrogen-bond donors (Lipinski definition) is 2. The molecule has 1 aromatic heterocycles. The molecular formula is C29H39N3O4. The van der Waals surface area contributed by atoms with Crippen molar-refractivity contribution in [2.45, 2.75) is 63.4 Å². The van der Waals surface area contributed by atoms with Gasteiger partial charge in [-0.05, 0) is 67.8 Å². The van der Waals surface area contributed by atoms with Crippen LogP contribution in [0.5, 0.6) is 5.75 Å². The zero-order valence-electron chi connectivity index (χ0n) is 21.2. The fraction of sp³-hybridized carbons (Fsp3) is 0.586. The molecule has 194 valence electrons. The number of likely N-dealkylation sites (tertiary alicyclic amines) is 1. The molecule has 0 amide bonds. The van der Waals surface area contributed by atoms with Crippen LogP contribution in [-0.2, 0) is 22.4 Å². The molecule has 2 fully saturated rings. The molecule has 5 rings (SSSR count). The largest absolute Gasteiger partial charge is 0.490 e. The maximum atomic E-state index is 11.8. The lowest BCUT2D eigenvalue weighted by molar-refractivity contribution is -0.137. The van der Waals surface area contributed by atoms with E-state index in [1.165, 1.54) is 17.7 Å². The first-order valence-electron chi connectivity index (χ1n) is 13.6. The van der Waals surface area contributed by atoms with Crippen LogP contribution in [0.2, 0.25) is 0 Å². The summed E-state index contributed by atoms with van der Waals surface area (Å²) in [6, 6.07) is 12.4. The lowest BCUT2D eigenvalue weighted by Gasteiger charge is -2.28. The third-order valence-electron chi connectivity index (χ3n) is 7.85. The SMILES string of the molecule is O=C(O)C[C@H](CN1CC[C@@H](CCc2ccc3c(n2)NCCC3)C1)c1ccccc1OC1CCOCC1. The smallest absolute Gasteiger partial charge is 0.304 e. The van der Waals surface area contributed by atoms with Gasteiger partial charge in [-0.15, -0.1) is 0 Å². The zero-order chi connectivity index (χ0) is 24.7. The Morgan fingerprint density at radius 3 is 2.92 bits per heavy atom. The van der Waals surface area contributed by atoms with E-state index in [4.69, 9.17) is 14.5 Å². The molecule has 7 nitrogen and oxygen atoms in total. The first kappa shape index (κ1) is 25.0. The predicted molar refractivity (Wildman–Crippen MR) is 140 cm³/mol. The summed E-state index contributed by atoms with van der Waals surface area (Å²) >= 11 is 0. The van der Waals surface area contributed by atoms with Gasteiger partial charge >= 0.3 is 5.97 Å². The molecule has 2 N–H and O–H groups in total. The van der Waals surface area contributed by atoms with E-state index in [-0.39, 0.29) is 18.4 Å². The van der Waals surface area contributed by atoms with E-state index in [0.717, 1.165) is 95.0 Å². The summed E-state index contributed by atoms with van der Waals surface area (Å²) in [5.41, 5.74) is 3.52. The molecule has 0 bridgehead atoms. The number of hydrogen-bond acceptors (Lipinski definition) is 6. The predicted octanol–water partition coefficient (Wildman–Crippen LogP) is 4.51. The van der Waals surface area contributed by atoms with Crippen LogP contribution in [0.1, 0.15) is 61.3 Å². The minimum absolute atomic E-state index is 0.0920. The van der Waals surface area contributed by atoms with E-state index in [2.05, 4.69) is 22.3 Å². The number of carboxylic acids is 1. The summed E-state index contributed by atoms with van der Waals surface area (Å²) in [4.78, 5) is 19.1. The fourth-order valence-electron chi connectivity index (χ4n) is 5.87. The van der Waals surface area contributed by atoms with Crippen LogP contribution in [0, 0.1) is 5.92 Å². The van der Waals surface area contributed by atoms with E-state index in [1.54, 1.807) is 0 Å². The minimum Gasteiger partial charge on any atom is -0.490 e. The van der Waals surface area contributed by atoms with E-state index >= 15 is 0 Å². The van der Waals surface area contributed by atoms with Crippen molar-refractivity contribution >= 4 is 11.8 Å². The van der Waals surface area contributed by atoms with Crippen LogP contribution in [0.25, 0.3) is 0 Å². The second kappa shape index (κ2) is 12.1. The van der Waals surface area contributed by atoms with Gasteiger partial charge in [-0.1, -0.05) is 24.3 Å². The average Bonchev–Trinajstić information content (AvgIpc) is 3.35. The summed E-state index contributed by atoms with van der Waals surface area (Å²) < 4.78 is 11.8. The van der Waals surface area contributed by atoms with Crippen molar-refractivity contribution in [3.05, 3.63) is 53.2 Å². The van der Waals surface area contributed by atoms with Crippen LogP contribution >= 0.6 is 0 Å². The number of aliphatic carboxylic acids is 1. The number of para-hydroxylation sites is 1. The molecule has 2 saturated heterocycles. The standard InChI is InChI=1S/C29H39N3O4/c33-28(34)18-23(26-5-1-2-6-27(26)36-25-12-16-35-17-13-25)20-32-15-11-21(19-32)7-9-24-10-8-22-4-3-14-30-29(22)31-24/h1-2,5-6,8,10,21,23,25H,3-4,7,9,11-20H2,(H,30,31)(H,33,34)/t21-,23-/m1/s1. The van der Waals surface area contributed by atoms with E-state index < -0.39 is 5.97 Å². The Labute approximate surface area is 214 Å². The van der Waals surface area contributed by atoms with Gasteiger partial charge in [0.1, 0.15) is 17.7 Å². The molecule has 0 spiro atoms. The van der Waals surface area contributed by atoms with Crippen molar-refractivity contribution in [3.8, 4) is 5.75 Å². The second-order valence-corrected chi connectivity index (χ2v) is 10.6. The molecule has 0 unspecified atom stereocenters. The molecule has 3 aliphatic heterocycles. The van der Waals surface area contributed by atoms with Crippen LogP contribution < -0.4 is 10.1 Å². The Morgan fingerprint density at radius 2 is 2.06 bits per heavy atom. The Kier molecular flexibility index (Phi) is 8.39. The molecule has 0 aliphatic carbocycles. The van der Waals surface area contributed by atoms with Gasteiger partial charge in [0.25, 0.3) is 0 Å². The maximum Gasteiger partial charge on any atom is 0.304 e. The molecule has 2 aromatic rings. The second-order valence-electron chi connectivity index (χ2n) is 10.6. The monoisotopic (exact) mass is 493 g/mol. The highest BCUT2D eigenvalue weighted by atomic mass is 16.5. The number of aromatic nitrogens is 1. The number of fused-ring (bicyclic) bond motifs is 1. The Bertz CT molecular complexity index is 1020. The van der Waals surface area contributed by atoms with Crippen molar-refractivity contribution in [2.75, 3.05) is 44.7 Å². The average molecular weight is 494 g/mol. The Morgan fingerprint density at radius 1 is 1.19 bits per heavy atom. The summed E-state index contributed by atoms with van der Waals surface area (Å²) in [5, 5.41) is 13.1. The van der Waals surface area contributed by atoms with E-state index in [9.17, 15) is 9.90 Å². The lowest BCUT2D eigenvalue weighted by Crippen LogP contribution is -2.29. The van der Waals surface area contributed by atoms with E-state index in [1.807, 2.05) is 24.3 Å². The van der Waals surface area contributed by atoms with Crippen molar-refractivity contribution in [1.29, 1.82) is 0 Å². The maximum absolute atomic E-state index is 11.8. The van der Waals surface area contributed by atoms with Gasteiger partial charge < -0.3 is 24.8 Å².